The highest BCUT2D eigenvalue weighted by Crippen LogP contribution is 2.52. The Labute approximate surface area is 238 Å². The van der Waals surface area contributed by atoms with Crippen LogP contribution < -0.4 is 0 Å². The number of hydrogen-bond acceptors (Lipinski definition) is 6. The standard InChI is InChI=1S/C30H32S6/c1-3-5-7-8-9-10-12-20-14-16-24(32-20)26-18-22-28-27(36-30(22)34-26)21-17-25(33-29(21)35-28)23-15-13-19(31-23)11-6-4-2/h13-18H,3-12H2,1-2H3. The molecule has 0 nitrogen and oxygen atoms in total. The van der Waals surface area contributed by atoms with Crippen LogP contribution in [0.1, 0.15) is 75.0 Å². The smallest absolute Gasteiger partial charge is 0.0893 e. The van der Waals surface area contributed by atoms with Crippen molar-refractivity contribution in [2.75, 3.05) is 0 Å². The van der Waals surface area contributed by atoms with Crippen LogP contribution in [0.2, 0.25) is 0 Å². The lowest BCUT2D eigenvalue weighted by Gasteiger charge is -1.99. The van der Waals surface area contributed by atoms with E-state index >= 15 is 0 Å². The van der Waals surface area contributed by atoms with Gasteiger partial charge in [0, 0.05) is 40.0 Å². The molecule has 0 saturated carbocycles. The van der Waals surface area contributed by atoms with Crippen LogP contribution in [-0.4, -0.2) is 0 Å². The fourth-order valence-corrected chi connectivity index (χ4v) is 12.6. The van der Waals surface area contributed by atoms with Crippen molar-refractivity contribution in [1.29, 1.82) is 0 Å². The number of rotatable bonds is 12. The summed E-state index contributed by atoms with van der Waals surface area (Å²) < 4.78 is 5.98. The lowest BCUT2D eigenvalue weighted by atomic mass is 10.1. The highest BCUT2D eigenvalue weighted by molar-refractivity contribution is 7.50. The number of thiophene rings is 6. The van der Waals surface area contributed by atoms with E-state index in [-0.39, 0.29) is 0 Å². The van der Waals surface area contributed by atoms with E-state index in [0.29, 0.717) is 0 Å². The van der Waals surface area contributed by atoms with Crippen LogP contribution in [0.4, 0.5) is 0 Å². The molecule has 0 atom stereocenters. The van der Waals surface area contributed by atoms with Gasteiger partial charge in [-0.1, -0.05) is 52.4 Å². The van der Waals surface area contributed by atoms with Gasteiger partial charge in [0.2, 0.25) is 0 Å². The van der Waals surface area contributed by atoms with Crippen LogP contribution in [0.5, 0.6) is 0 Å². The van der Waals surface area contributed by atoms with Gasteiger partial charge in [0.05, 0.1) is 17.4 Å². The van der Waals surface area contributed by atoms with E-state index in [4.69, 9.17) is 0 Å². The largest absolute Gasteiger partial charge is 0.139 e. The van der Waals surface area contributed by atoms with Crippen LogP contribution in [0.3, 0.4) is 0 Å². The first-order valence-corrected chi connectivity index (χ1v) is 18.2. The zero-order valence-corrected chi connectivity index (χ0v) is 25.9. The van der Waals surface area contributed by atoms with E-state index in [0.717, 1.165) is 0 Å². The van der Waals surface area contributed by atoms with Crippen molar-refractivity contribution >= 4 is 96.2 Å². The van der Waals surface area contributed by atoms with Gasteiger partial charge in [0.15, 0.2) is 0 Å². The summed E-state index contributed by atoms with van der Waals surface area (Å²) in [6, 6.07) is 14.3. The Bertz CT molecular complexity index is 1580. The minimum atomic E-state index is 1.22. The molecule has 188 valence electrons. The Hall–Kier alpha value is -1.02. The van der Waals surface area contributed by atoms with Crippen molar-refractivity contribution in [2.45, 2.75) is 78.1 Å². The molecule has 6 heterocycles. The molecule has 6 rings (SSSR count). The molecule has 36 heavy (non-hydrogen) atoms. The summed E-state index contributed by atoms with van der Waals surface area (Å²) in [5, 5.41) is 2.96. The molecule has 0 radical (unpaired) electrons. The van der Waals surface area contributed by atoms with Gasteiger partial charge in [-0.25, -0.2) is 0 Å². The predicted molar refractivity (Wildman–Crippen MR) is 173 cm³/mol. The Balaban J connectivity index is 1.19. The molecule has 0 aliphatic heterocycles. The summed E-state index contributed by atoms with van der Waals surface area (Å²) in [5.74, 6) is 0. The average Bonchev–Trinajstić information content (AvgIpc) is 3.68. The SMILES string of the molecule is CCCCCCCCc1ccc(-c2cc3c(s2)sc2c4cc(-c5ccc(CCCC)s5)sc4sc32)s1. The lowest BCUT2D eigenvalue weighted by molar-refractivity contribution is 0.609. The van der Waals surface area contributed by atoms with Crippen LogP contribution in [0, 0.1) is 0 Å². The molecule has 0 aliphatic rings. The maximum absolute atomic E-state index is 2.47. The average molecular weight is 585 g/mol. The first-order valence-electron chi connectivity index (χ1n) is 13.3. The third-order valence-corrected chi connectivity index (χ3v) is 14.6. The summed E-state index contributed by atoms with van der Waals surface area (Å²) in [7, 11) is 0. The maximum Gasteiger partial charge on any atom is 0.0893 e. The van der Waals surface area contributed by atoms with Gasteiger partial charge in [-0.15, -0.1) is 68.0 Å². The molecule has 0 bridgehead atoms. The lowest BCUT2D eigenvalue weighted by Crippen LogP contribution is -1.82. The topological polar surface area (TPSA) is 0 Å². The quantitative estimate of drug-likeness (QED) is 0.125. The number of aryl methyl sites for hydroxylation is 2. The second-order valence-corrected chi connectivity index (χ2v) is 16.6. The molecule has 0 aromatic carbocycles. The summed E-state index contributed by atoms with van der Waals surface area (Å²) in [6.07, 6.45) is 13.3. The molecule has 6 aromatic rings. The van der Waals surface area contributed by atoms with E-state index in [9.17, 15) is 0 Å². The van der Waals surface area contributed by atoms with Gasteiger partial charge in [0.1, 0.15) is 0 Å². The monoisotopic (exact) mass is 584 g/mol. The molecule has 0 unspecified atom stereocenters. The first kappa shape index (κ1) is 25.3. The third-order valence-electron chi connectivity index (χ3n) is 6.84. The molecule has 0 N–H and O–H groups in total. The van der Waals surface area contributed by atoms with Crippen LogP contribution in [-0.2, 0) is 12.8 Å². The van der Waals surface area contributed by atoms with E-state index < -0.39 is 0 Å². The summed E-state index contributed by atoms with van der Waals surface area (Å²) >= 11 is 12.0. The molecule has 0 saturated heterocycles. The predicted octanol–water partition coefficient (Wildman–Crippen LogP) is 13.1. The van der Waals surface area contributed by atoms with Crippen LogP contribution in [0.15, 0.2) is 36.4 Å². The van der Waals surface area contributed by atoms with Gasteiger partial charge in [-0.2, -0.15) is 0 Å². The van der Waals surface area contributed by atoms with Gasteiger partial charge < -0.3 is 0 Å². The van der Waals surface area contributed by atoms with Crippen molar-refractivity contribution in [3.05, 3.63) is 46.2 Å². The zero-order chi connectivity index (χ0) is 24.5. The Morgan fingerprint density at radius 3 is 1.53 bits per heavy atom. The maximum atomic E-state index is 2.47. The Morgan fingerprint density at radius 2 is 0.972 bits per heavy atom. The molecular formula is C30H32S6. The van der Waals surface area contributed by atoms with Gasteiger partial charge >= 0.3 is 0 Å². The molecule has 0 amide bonds. The molecule has 0 aliphatic carbocycles. The minimum Gasteiger partial charge on any atom is -0.139 e. The Kier molecular flexibility index (Phi) is 7.99. The van der Waals surface area contributed by atoms with Crippen LogP contribution in [0.25, 0.3) is 47.7 Å². The second-order valence-electron chi connectivity index (χ2n) is 9.64. The molecular weight excluding hydrogens is 553 g/mol. The van der Waals surface area contributed by atoms with E-state index in [1.807, 2.05) is 68.0 Å². The Morgan fingerprint density at radius 1 is 0.472 bits per heavy atom. The van der Waals surface area contributed by atoms with Crippen molar-refractivity contribution in [3.63, 3.8) is 0 Å². The highest BCUT2D eigenvalue weighted by atomic mass is 32.2. The zero-order valence-electron chi connectivity index (χ0n) is 21.0. The minimum absolute atomic E-state index is 1.22. The number of unbranched alkanes of at least 4 members (excludes halogenated alkanes) is 6. The molecule has 0 spiro atoms. The summed E-state index contributed by atoms with van der Waals surface area (Å²) in [6.45, 7) is 4.57. The fraction of sp³-hybridized carbons (Fsp3) is 0.400. The summed E-state index contributed by atoms with van der Waals surface area (Å²) in [4.78, 5) is 8.87. The first-order chi connectivity index (χ1) is 17.7. The van der Waals surface area contributed by atoms with Crippen LogP contribution >= 0.6 is 68.0 Å². The van der Waals surface area contributed by atoms with Crippen molar-refractivity contribution in [1.82, 2.24) is 0 Å². The van der Waals surface area contributed by atoms with Crippen molar-refractivity contribution in [3.8, 4) is 19.5 Å². The van der Waals surface area contributed by atoms with E-state index in [2.05, 4.69) is 50.2 Å². The second kappa shape index (κ2) is 11.4. The van der Waals surface area contributed by atoms with E-state index in [1.165, 1.54) is 117 Å². The van der Waals surface area contributed by atoms with Crippen molar-refractivity contribution in [2.24, 2.45) is 0 Å². The number of hydrogen-bond donors (Lipinski definition) is 0. The van der Waals surface area contributed by atoms with Crippen molar-refractivity contribution < 1.29 is 0 Å². The van der Waals surface area contributed by atoms with Gasteiger partial charge in [0.25, 0.3) is 0 Å². The normalized spacial score (nSPS) is 12.2. The number of fused-ring (bicyclic) bond motifs is 5. The van der Waals surface area contributed by atoms with Gasteiger partial charge in [-0.3, -0.25) is 0 Å². The fourth-order valence-electron chi connectivity index (χ4n) is 4.81. The van der Waals surface area contributed by atoms with E-state index in [1.54, 1.807) is 4.88 Å². The third kappa shape index (κ3) is 5.14. The molecule has 6 heteroatoms. The van der Waals surface area contributed by atoms with Gasteiger partial charge in [-0.05, 0) is 62.1 Å². The highest BCUT2D eigenvalue weighted by Gasteiger charge is 2.19. The summed E-state index contributed by atoms with van der Waals surface area (Å²) in [5.41, 5.74) is 0. The molecule has 0 fully saturated rings. The molecule has 6 aromatic heterocycles.